The van der Waals surface area contributed by atoms with Crippen molar-refractivity contribution in [1.29, 1.82) is 0 Å². The molecule has 11 heteroatoms. The fourth-order valence-corrected chi connectivity index (χ4v) is 6.48. The lowest BCUT2D eigenvalue weighted by Gasteiger charge is -2.45. The lowest BCUT2D eigenvalue weighted by Crippen LogP contribution is -2.55. The molecule has 4 aromatic rings. The Labute approximate surface area is 272 Å². The first kappa shape index (κ1) is 31.7. The fourth-order valence-electron chi connectivity index (χ4n) is 5.87. The zero-order valence-electron chi connectivity index (χ0n) is 24.9. The summed E-state index contributed by atoms with van der Waals surface area (Å²) in [5.74, 6) is -0.142. The van der Waals surface area contributed by atoms with Crippen molar-refractivity contribution < 1.29 is 14.7 Å². The van der Waals surface area contributed by atoms with Crippen LogP contribution in [0, 0.1) is 6.92 Å². The first-order chi connectivity index (χ1) is 20.8. The monoisotopic (exact) mass is 653 g/mol. The van der Waals surface area contributed by atoms with Crippen molar-refractivity contribution in [2.45, 2.75) is 52.1 Å². The van der Waals surface area contributed by atoms with Gasteiger partial charge in [-0.2, -0.15) is 5.10 Å². The Kier molecular flexibility index (Phi) is 9.16. The van der Waals surface area contributed by atoms with Crippen molar-refractivity contribution in [3.8, 4) is 16.9 Å². The van der Waals surface area contributed by atoms with E-state index in [1.807, 2.05) is 69.0 Å². The van der Waals surface area contributed by atoms with Crippen LogP contribution in [0.15, 0.2) is 66.7 Å². The molecule has 1 aromatic heterocycles. The molecule has 0 spiro atoms. The van der Waals surface area contributed by atoms with Gasteiger partial charge in [0.25, 0.3) is 5.91 Å². The number of nitrogens with one attached hydrogen (secondary N) is 1. The third kappa shape index (κ3) is 6.67. The van der Waals surface area contributed by atoms with Gasteiger partial charge in [-0.25, -0.2) is 9.48 Å². The van der Waals surface area contributed by atoms with Crippen LogP contribution in [0.2, 0.25) is 15.1 Å². The SMILES string of the molecule is Cc1c(C(=O)N(C2CCN(c3ccc(NC(=O)O)cc3)CC2)C(C)(C)C)nn(-c2ccc(Cl)cc2Cl)c1-c1ccc(Cl)cc1. The van der Waals surface area contributed by atoms with Gasteiger partial charge in [0.2, 0.25) is 0 Å². The van der Waals surface area contributed by atoms with E-state index in [1.54, 1.807) is 35.0 Å². The third-order valence-corrected chi connectivity index (χ3v) is 8.63. The average Bonchev–Trinajstić information content (AvgIpc) is 3.30. The van der Waals surface area contributed by atoms with E-state index < -0.39 is 11.6 Å². The molecule has 0 saturated carbocycles. The minimum Gasteiger partial charge on any atom is -0.465 e. The van der Waals surface area contributed by atoms with Crippen LogP contribution in [0.4, 0.5) is 16.2 Å². The van der Waals surface area contributed by atoms with Gasteiger partial charge in [0.05, 0.1) is 16.4 Å². The van der Waals surface area contributed by atoms with E-state index in [0.29, 0.717) is 32.1 Å². The molecule has 44 heavy (non-hydrogen) atoms. The predicted molar refractivity (Wildman–Crippen MR) is 178 cm³/mol. The number of rotatable bonds is 6. The molecule has 8 nitrogen and oxygen atoms in total. The Bertz CT molecular complexity index is 1670. The highest BCUT2D eigenvalue weighted by Crippen LogP contribution is 2.36. The van der Waals surface area contributed by atoms with Gasteiger partial charge in [-0.1, -0.05) is 46.9 Å². The predicted octanol–water partition coefficient (Wildman–Crippen LogP) is 8.81. The Hall–Kier alpha value is -3.72. The Morgan fingerprint density at radius 1 is 0.932 bits per heavy atom. The Morgan fingerprint density at radius 2 is 1.55 bits per heavy atom. The number of benzene rings is 3. The average molecular weight is 655 g/mol. The zero-order valence-corrected chi connectivity index (χ0v) is 27.2. The molecule has 3 aromatic carbocycles. The third-order valence-electron chi connectivity index (χ3n) is 7.84. The quantitative estimate of drug-likeness (QED) is 0.217. The molecule has 2 N–H and O–H groups in total. The number of carbonyl (C=O) groups is 2. The number of anilines is 2. The number of carbonyl (C=O) groups excluding carboxylic acids is 1. The molecule has 1 aliphatic rings. The van der Waals surface area contributed by atoms with E-state index in [1.165, 1.54) is 0 Å². The highest BCUT2D eigenvalue weighted by Gasteiger charge is 2.38. The molecule has 0 bridgehead atoms. The van der Waals surface area contributed by atoms with Gasteiger partial charge >= 0.3 is 6.09 Å². The van der Waals surface area contributed by atoms with Gasteiger partial charge in [-0.05, 0) is 95.1 Å². The van der Waals surface area contributed by atoms with Crippen LogP contribution >= 0.6 is 34.8 Å². The van der Waals surface area contributed by atoms with Gasteiger partial charge in [0.1, 0.15) is 0 Å². The number of halogens is 3. The highest BCUT2D eigenvalue weighted by molar-refractivity contribution is 6.35. The molecule has 0 unspecified atom stereocenters. The van der Waals surface area contributed by atoms with Crippen LogP contribution in [0.3, 0.4) is 0 Å². The molecule has 1 fully saturated rings. The largest absolute Gasteiger partial charge is 0.465 e. The van der Waals surface area contributed by atoms with E-state index in [4.69, 9.17) is 45.0 Å². The number of hydrogen-bond acceptors (Lipinski definition) is 4. The summed E-state index contributed by atoms with van der Waals surface area (Å²) in [6, 6.07) is 20.0. The molecule has 2 heterocycles. The molecular formula is C33H34Cl3N5O3. The molecular weight excluding hydrogens is 621 g/mol. The molecule has 0 atom stereocenters. The molecule has 230 valence electrons. The standard InChI is InChI=1S/C33H34Cl3N5O3/c1-20-29(38-41(28-14-9-23(35)19-27(28)36)30(20)21-5-7-22(34)8-6-21)31(42)40(33(2,3)4)26-15-17-39(18-16-26)25-12-10-24(11-13-25)37-32(43)44/h5-14,19,26,37H,15-18H2,1-4H3,(H,43,44). The zero-order chi connectivity index (χ0) is 31.8. The smallest absolute Gasteiger partial charge is 0.409 e. The van der Waals surface area contributed by atoms with E-state index in [0.717, 1.165) is 48.4 Å². The van der Waals surface area contributed by atoms with E-state index >= 15 is 0 Å². The van der Waals surface area contributed by atoms with Crippen LogP contribution in [0.5, 0.6) is 0 Å². The number of carboxylic acid groups (broad SMARTS) is 1. The lowest BCUT2D eigenvalue weighted by atomic mass is 9.94. The molecule has 5 rings (SSSR count). The van der Waals surface area contributed by atoms with Gasteiger partial charge in [0.15, 0.2) is 5.69 Å². The van der Waals surface area contributed by atoms with Crippen molar-refractivity contribution >= 4 is 58.2 Å². The molecule has 2 amide bonds. The van der Waals surface area contributed by atoms with Crippen molar-refractivity contribution in [3.63, 3.8) is 0 Å². The minimum absolute atomic E-state index is 0.00523. The molecule has 1 saturated heterocycles. The van der Waals surface area contributed by atoms with Crippen LogP contribution in [0.25, 0.3) is 16.9 Å². The summed E-state index contributed by atoms with van der Waals surface area (Å²) >= 11 is 19.0. The maximum Gasteiger partial charge on any atom is 0.409 e. The summed E-state index contributed by atoms with van der Waals surface area (Å²) < 4.78 is 1.72. The maximum absolute atomic E-state index is 14.5. The number of piperidine rings is 1. The number of amides is 2. The molecule has 1 aliphatic heterocycles. The summed E-state index contributed by atoms with van der Waals surface area (Å²) in [6.07, 6.45) is 0.442. The van der Waals surface area contributed by atoms with Crippen molar-refractivity contribution in [1.82, 2.24) is 14.7 Å². The summed E-state index contributed by atoms with van der Waals surface area (Å²) in [6.45, 7) is 9.56. The second-order valence-electron chi connectivity index (χ2n) is 11.9. The van der Waals surface area contributed by atoms with Gasteiger partial charge < -0.3 is 14.9 Å². The van der Waals surface area contributed by atoms with E-state index in [2.05, 4.69) is 10.2 Å². The van der Waals surface area contributed by atoms with E-state index in [-0.39, 0.29) is 11.9 Å². The van der Waals surface area contributed by atoms with Crippen LogP contribution < -0.4 is 10.2 Å². The summed E-state index contributed by atoms with van der Waals surface area (Å²) in [5.41, 5.74) is 4.38. The number of hydrogen-bond donors (Lipinski definition) is 2. The number of nitrogens with zero attached hydrogens (tertiary/aromatic N) is 4. The van der Waals surface area contributed by atoms with Crippen molar-refractivity contribution in [3.05, 3.63) is 93.1 Å². The Morgan fingerprint density at radius 3 is 2.11 bits per heavy atom. The van der Waals surface area contributed by atoms with Crippen LogP contribution in [0.1, 0.15) is 49.7 Å². The summed E-state index contributed by atoms with van der Waals surface area (Å²) in [5, 5.41) is 17.8. The first-order valence-electron chi connectivity index (χ1n) is 14.3. The van der Waals surface area contributed by atoms with Crippen molar-refractivity contribution in [2.75, 3.05) is 23.3 Å². The van der Waals surface area contributed by atoms with E-state index in [9.17, 15) is 9.59 Å². The molecule has 0 aliphatic carbocycles. The second kappa shape index (κ2) is 12.7. The minimum atomic E-state index is -1.10. The summed E-state index contributed by atoms with van der Waals surface area (Å²) in [7, 11) is 0. The fraction of sp³-hybridized carbons (Fsp3) is 0.303. The normalized spacial score (nSPS) is 14.0. The first-order valence-corrected chi connectivity index (χ1v) is 15.5. The summed E-state index contributed by atoms with van der Waals surface area (Å²) in [4.78, 5) is 29.7. The maximum atomic E-state index is 14.5. The van der Waals surface area contributed by atoms with Crippen molar-refractivity contribution in [2.24, 2.45) is 0 Å². The van der Waals surface area contributed by atoms with Gasteiger partial charge in [-0.3, -0.25) is 10.1 Å². The number of aromatic nitrogens is 2. The Balaban J connectivity index is 1.46. The van der Waals surface area contributed by atoms with Crippen LogP contribution in [-0.2, 0) is 0 Å². The highest BCUT2D eigenvalue weighted by atomic mass is 35.5. The van der Waals surface area contributed by atoms with Gasteiger partial charge in [0, 0.05) is 57.2 Å². The second-order valence-corrected chi connectivity index (χ2v) is 13.2. The van der Waals surface area contributed by atoms with Crippen LogP contribution in [-0.4, -0.2) is 56.5 Å². The molecule has 0 radical (unpaired) electrons. The van der Waals surface area contributed by atoms with Gasteiger partial charge in [-0.15, -0.1) is 0 Å². The topological polar surface area (TPSA) is 90.7 Å². The lowest BCUT2D eigenvalue weighted by molar-refractivity contribution is 0.0385.